The molecule has 1 heterocycles. The van der Waals surface area contributed by atoms with Gasteiger partial charge in [0.05, 0.1) is 12.8 Å². The van der Waals surface area contributed by atoms with Crippen LogP contribution in [0.4, 0.5) is 0 Å². The van der Waals surface area contributed by atoms with Gasteiger partial charge in [-0.3, -0.25) is 9.59 Å². The number of ketones is 2. The highest BCUT2D eigenvalue weighted by molar-refractivity contribution is 6.05. The summed E-state index contributed by atoms with van der Waals surface area (Å²) in [6.45, 7) is 6.22. The number of benzene rings is 1. The summed E-state index contributed by atoms with van der Waals surface area (Å²) < 4.78 is 10.1. The van der Waals surface area contributed by atoms with Crippen molar-refractivity contribution in [1.29, 1.82) is 0 Å². The molecule has 0 saturated carbocycles. The first kappa shape index (κ1) is 19.2. The minimum Gasteiger partial charge on any atom is -0.507 e. The average Bonchev–Trinajstić information content (AvgIpc) is 2.88. The third-order valence-corrected chi connectivity index (χ3v) is 4.11. The van der Waals surface area contributed by atoms with Crippen molar-refractivity contribution in [2.45, 2.75) is 33.8 Å². The van der Waals surface area contributed by atoms with E-state index in [0.29, 0.717) is 22.6 Å². The summed E-state index contributed by atoms with van der Waals surface area (Å²) in [5.41, 5.74) is 1.72. The van der Waals surface area contributed by atoms with Crippen molar-refractivity contribution in [1.82, 2.24) is 4.98 Å². The van der Waals surface area contributed by atoms with Crippen molar-refractivity contribution in [3.8, 4) is 11.5 Å². The van der Waals surface area contributed by atoms with Crippen molar-refractivity contribution in [3.63, 3.8) is 0 Å². The third-order valence-electron chi connectivity index (χ3n) is 4.11. The molecular formula is C19H21NO6. The number of aromatic nitrogens is 1. The molecule has 7 nitrogen and oxygen atoms in total. The highest BCUT2D eigenvalue weighted by Crippen LogP contribution is 2.25. The Morgan fingerprint density at radius 2 is 1.85 bits per heavy atom. The highest BCUT2D eigenvalue weighted by atomic mass is 16.5. The van der Waals surface area contributed by atoms with Crippen molar-refractivity contribution in [2.75, 3.05) is 7.11 Å². The summed E-state index contributed by atoms with van der Waals surface area (Å²) in [5, 5.41) is 9.90. The molecule has 26 heavy (non-hydrogen) atoms. The van der Waals surface area contributed by atoms with Gasteiger partial charge in [0.1, 0.15) is 17.1 Å². The highest BCUT2D eigenvalue weighted by Gasteiger charge is 2.27. The number of ether oxygens (including phenoxy) is 2. The molecule has 0 aliphatic heterocycles. The largest absolute Gasteiger partial charge is 0.507 e. The lowest BCUT2D eigenvalue weighted by Gasteiger charge is -2.13. The van der Waals surface area contributed by atoms with Gasteiger partial charge in [-0.15, -0.1) is 0 Å². The Morgan fingerprint density at radius 3 is 2.35 bits per heavy atom. The molecule has 138 valence electrons. The maximum absolute atomic E-state index is 12.6. The first-order valence-electron chi connectivity index (χ1n) is 7.99. The molecular weight excluding hydrogens is 338 g/mol. The molecule has 2 N–H and O–H groups in total. The van der Waals surface area contributed by atoms with E-state index < -0.39 is 17.9 Å². The fourth-order valence-corrected chi connectivity index (χ4v) is 2.82. The second-order valence-electron chi connectivity index (χ2n) is 5.98. The number of aromatic hydroxyl groups is 1. The molecule has 0 radical (unpaired) electrons. The van der Waals surface area contributed by atoms with E-state index in [9.17, 15) is 19.5 Å². The second kappa shape index (κ2) is 7.43. The maximum Gasteiger partial charge on any atom is 0.342 e. The Kier molecular flexibility index (Phi) is 5.50. The van der Waals surface area contributed by atoms with E-state index in [0.717, 1.165) is 0 Å². The smallest absolute Gasteiger partial charge is 0.342 e. The molecule has 0 amide bonds. The molecule has 0 fully saturated rings. The van der Waals surface area contributed by atoms with Gasteiger partial charge in [-0.2, -0.15) is 0 Å². The van der Waals surface area contributed by atoms with Gasteiger partial charge in [-0.25, -0.2) is 4.79 Å². The molecule has 0 aliphatic carbocycles. The molecule has 0 aliphatic rings. The van der Waals surface area contributed by atoms with E-state index in [2.05, 4.69) is 4.98 Å². The quantitative estimate of drug-likeness (QED) is 0.607. The standard InChI is InChI=1S/C19H21NO6/c1-9-16(11(3)21)10(2)20-17(9)18(23)12(4)26-19(24)14-7-6-13(25-5)8-15(14)22/h6-8,12,20,22H,1-5H3/t12-/m0/s1. The lowest BCUT2D eigenvalue weighted by Crippen LogP contribution is -2.25. The second-order valence-corrected chi connectivity index (χ2v) is 5.98. The van der Waals surface area contributed by atoms with Crippen LogP contribution in [-0.4, -0.2) is 40.8 Å². The van der Waals surface area contributed by atoms with Gasteiger partial charge in [-0.1, -0.05) is 0 Å². The molecule has 0 bridgehead atoms. The summed E-state index contributed by atoms with van der Waals surface area (Å²) in [4.78, 5) is 39.4. The van der Waals surface area contributed by atoms with Crippen LogP contribution in [0.3, 0.4) is 0 Å². The molecule has 0 unspecified atom stereocenters. The van der Waals surface area contributed by atoms with Crippen LogP contribution in [0.25, 0.3) is 0 Å². The van der Waals surface area contributed by atoms with E-state index in [4.69, 9.17) is 9.47 Å². The Labute approximate surface area is 150 Å². The van der Waals surface area contributed by atoms with Crippen molar-refractivity contribution in [3.05, 3.63) is 46.3 Å². The number of rotatable bonds is 6. The van der Waals surface area contributed by atoms with Crippen LogP contribution < -0.4 is 4.74 Å². The zero-order chi connectivity index (χ0) is 19.6. The Morgan fingerprint density at radius 1 is 1.19 bits per heavy atom. The van der Waals surface area contributed by atoms with Gasteiger partial charge in [0.15, 0.2) is 11.9 Å². The minimum absolute atomic E-state index is 0.0748. The molecule has 1 aromatic heterocycles. The molecule has 0 saturated heterocycles. The van der Waals surface area contributed by atoms with E-state index in [-0.39, 0.29) is 22.8 Å². The number of nitrogens with one attached hydrogen (secondary N) is 1. The predicted molar refractivity (Wildman–Crippen MR) is 94.1 cm³/mol. The Bertz CT molecular complexity index is 880. The van der Waals surface area contributed by atoms with Gasteiger partial charge in [0.2, 0.25) is 5.78 Å². The monoisotopic (exact) mass is 359 g/mol. The number of hydrogen-bond acceptors (Lipinski definition) is 6. The molecule has 2 aromatic rings. The van der Waals surface area contributed by atoms with E-state index in [1.54, 1.807) is 13.8 Å². The van der Waals surface area contributed by atoms with Gasteiger partial charge >= 0.3 is 5.97 Å². The van der Waals surface area contributed by atoms with Crippen LogP contribution in [0, 0.1) is 13.8 Å². The fraction of sp³-hybridized carbons (Fsp3) is 0.316. The van der Waals surface area contributed by atoms with Crippen LogP contribution in [0.15, 0.2) is 18.2 Å². The van der Waals surface area contributed by atoms with Gasteiger partial charge in [0.25, 0.3) is 0 Å². The minimum atomic E-state index is -1.10. The van der Waals surface area contributed by atoms with Crippen LogP contribution in [0.5, 0.6) is 11.5 Å². The Balaban J connectivity index is 2.21. The first-order chi connectivity index (χ1) is 12.2. The molecule has 7 heteroatoms. The van der Waals surface area contributed by atoms with Crippen LogP contribution in [0.2, 0.25) is 0 Å². The number of methoxy groups -OCH3 is 1. The summed E-state index contributed by atoms with van der Waals surface area (Å²) in [6.07, 6.45) is -1.10. The molecule has 1 aromatic carbocycles. The number of hydrogen-bond donors (Lipinski definition) is 2. The lowest BCUT2D eigenvalue weighted by atomic mass is 10.0. The van der Waals surface area contributed by atoms with Gasteiger partial charge < -0.3 is 19.6 Å². The third kappa shape index (κ3) is 3.61. The summed E-state index contributed by atoms with van der Waals surface area (Å²) in [6, 6.07) is 4.13. The number of aromatic amines is 1. The van der Waals surface area contributed by atoms with Crippen molar-refractivity contribution < 1.29 is 29.0 Å². The van der Waals surface area contributed by atoms with Gasteiger partial charge in [-0.05, 0) is 45.4 Å². The maximum atomic E-state index is 12.6. The summed E-state index contributed by atoms with van der Waals surface area (Å²) in [7, 11) is 1.43. The topological polar surface area (TPSA) is 106 Å². The van der Waals surface area contributed by atoms with Crippen molar-refractivity contribution in [2.24, 2.45) is 0 Å². The van der Waals surface area contributed by atoms with Crippen LogP contribution in [-0.2, 0) is 4.74 Å². The Hall–Kier alpha value is -3.09. The van der Waals surface area contributed by atoms with Crippen molar-refractivity contribution >= 4 is 17.5 Å². The lowest BCUT2D eigenvalue weighted by molar-refractivity contribution is 0.0314. The number of phenols is 1. The van der Waals surface area contributed by atoms with E-state index in [1.165, 1.54) is 39.2 Å². The SMILES string of the molecule is COc1ccc(C(=O)O[C@@H](C)C(=O)c2[nH]c(C)c(C(C)=O)c2C)c(O)c1. The predicted octanol–water partition coefficient (Wildman–Crippen LogP) is 2.98. The van der Waals surface area contributed by atoms with Crippen LogP contribution in [0.1, 0.15) is 56.3 Å². The number of Topliss-reactive ketones (excluding diaryl/α,β-unsaturated/α-hetero) is 2. The average molecular weight is 359 g/mol. The summed E-state index contributed by atoms with van der Waals surface area (Å²) in [5.74, 6) is -1.36. The zero-order valence-electron chi connectivity index (χ0n) is 15.3. The number of carbonyl (C=O) groups is 3. The van der Waals surface area contributed by atoms with Gasteiger partial charge in [0, 0.05) is 17.3 Å². The van der Waals surface area contributed by atoms with E-state index in [1.807, 2.05) is 0 Å². The normalized spacial score (nSPS) is 11.7. The molecule has 1 atom stereocenters. The fourth-order valence-electron chi connectivity index (χ4n) is 2.82. The number of aryl methyl sites for hydroxylation is 1. The first-order valence-corrected chi connectivity index (χ1v) is 7.99. The summed E-state index contributed by atoms with van der Waals surface area (Å²) >= 11 is 0. The number of phenolic OH excluding ortho intramolecular Hbond substituents is 1. The molecule has 0 spiro atoms. The molecule has 2 rings (SSSR count). The van der Waals surface area contributed by atoms with Crippen LogP contribution >= 0.6 is 0 Å². The zero-order valence-corrected chi connectivity index (χ0v) is 15.3. The van der Waals surface area contributed by atoms with E-state index >= 15 is 0 Å². The number of H-pyrrole nitrogens is 1. The number of carbonyl (C=O) groups excluding carboxylic acids is 3. The number of esters is 1.